The van der Waals surface area contributed by atoms with Crippen LogP contribution in [-0.2, 0) is 21.2 Å². The first-order valence-electron chi connectivity index (χ1n) is 7.64. The molecule has 0 aromatic heterocycles. The lowest BCUT2D eigenvalue weighted by molar-refractivity contribution is -0.115. The van der Waals surface area contributed by atoms with E-state index in [9.17, 15) is 22.4 Å². The van der Waals surface area contributed by atoms with Gasteiger partial charge in [0, 0.05) is 24.2 Å². The van der Waals surface area contributed by atoms with Crippen molar-refractivity contribution in [3.8, 4) is 0 Å². The molecule has 2 aliphatic heterocycles. The number of halogens is 1. The first-order chi connectivity index (χ1) is 11.9. The third-order valence-corrected chi connectivity index (χ3v) is 6.17. The Morgan fingerprint density at radius 1 is 1.08 bits per heavy atom. The van der Waals surface area contributed by atoms with E-state index in [1.54, 1.807) is 6.07 Å². The summed E-state index contributed by atoms with van der Waals surface area (Å²) >= 11 is 0. The van der Waals surface area contributed by atoms with Crippen molar-refractivity contribution in [2.75, 3.05) is 16.2 Å². The van der Waals surface area contributed by atoms with Crippen LogP contribution in [0.25, 0.3) is 0 Å². The summed E-state index contributed by atoms with van der Waals surface area (Å²) in [5.41, 5.74) is 1.44. The van der Waals surface area contributed by atoms with E-state index in [1.165, 1.54) is 18.2 Å². The van der Waals surface area contributed by atoms with Crippen molar-refractivity contribution < 1.29 is 22.4 Å². The number of rotatable bonds is 2. The number of anilines is 2. The highest BCUT2D eigenvalue weighted by atomic mass is 32.2. The summed E-state index contributed by atoms with van der Waals surface area (Å²) in [7, 11) is -3.93. The molecule has 0 aliphatic carbocycles. The van der Waals surface area contributed by atoms with Crippen LogP contribution in [0.4, 0.5) is 15.8 Å². The van der Waals surface area contributed by atoms with E-state index < -0.39 is 15.8 Å². The molecular formula is C17H13FN2O4S. The molecular weight excluding hydrogens is 347 g/mol. The van der Waals surface area contributed by atoms with Crippen LogP contribution in [0.1, 0.15) is 22.3 Å². The van der Waals surface area contributed by atoms with Gasteiger partial charge in [-0.05, 0) is 42.0 Å². The number of hydrogen-bond acceptors (Lipinski definition) is 4. The minimum atomic E-state index is -3.93. The number of benzene rings is 2. The van der Waals surface area contributed by atoms with Gasteiger partial charge in [0.05, 0.1) is 17.0 Å². The molecule has 0 fully saturated rings. The fraction of sp³-hybridized carbons (Fsp3) is 0.176. The van der Waals surface area contributed by atoms with Crippen LogP contribution in [0.2, 0.25) is 0 Å². The van der Waals surface area contributed by atoms with Gasteiger partial charge in [0.1, 0.15) is 5.82 Å². The SMILES string of the molecule is O=C1Cc2cc(S(=O)(=O)N3CCC(=O)c4cc(F)ccc43)ccc2N1. The van der Waals surface area contributed by atoms with Crippen LogP contribution < -0.4 is 9.62 Å². The van der Waals surface area contributed by atoms with Crippen LogP contribution in [0.3, 0.4) is 0 Å². The molecule has 0 saturated heterocycles. The molecule has 0 radical (unpaired) electrons. The maximum absolute atomic E-state index is 13.4. The smallest absolute Gasteiger partial charge is 0.264 e. The number of sulfonamides is 1. The van der Waals surface area contributed by atoms with Gasteiger partial charge in [-0.2, -0.15) is 0 Å². The zero-order chi connectivity index (χ0) is 17.8. The second-order valence-electron chi connectivity index (χ2n) is 5.96. The quantitative estimate of drug-likeness (QED) is 0.889. The minimum absolute atomic E-state index is 0.00589. The third-order valence-electron chi connectivity index (χ3n) is 4.36. The predicted molar refractivity (Wildman–Crippen MR) is 88.7 cm³/mol. The fourth-order valence-electron chi connectivity index (χ4n) is 3.15. The Labute approximate surface area is 143 Å². The number of hydrogen-bond donors (Lipinski definition) is 1. The highest BCUT2D eigenvalue weighted by Gasteiger charge is 2.33. The molecule has 0 atom stereocenters. The molecule has 6 nitrogen and oxygen atoms in total. The summed E-state index contributed by atoms with van der Waals surface area (Å²) in [6, 6.07) is 7.92. The first-order valence-corrected chi connectivity index (χ1v) is 9.08. The predicted octanol–water partition coefficient (Wildman–Crippen LogP) is 2.10. The van der Waals surface area contributed by atoms with Crippen molar-refractivity contribution in [3.63, 3.8) is 0 Å². The standard InChI is InChI=1S/C17H13FN2O4S/c18-11-1-4-15-13(9-11)16(21)5-6-20(15)25(23,24)12-2-3-14-10(7-12)8-17(22)19-14/h1-4,7,9H,5-6,8H2,(H,19,22). The van der Waals surface area contributed by atoms with E-state index in [0.717, 1.165) is 16.4 Å². The molecule has 0 bridgehead atoms. The number of carbonyl (C=O) groups is 2. The monoisotopic (exact) mass is 360 g/mol. The number of nitrogens with one attached hydrogen (secondary N) is 1. The average Bonchev–Trinajstić information content (AvgIpc) is 2.94. The zero-order valence-electron chi connectivity index (χ0n) is 13.0. The third kappa shape index (κ3) is 2.49. The minimum Gasteiger partial charge on any atom is -0.326 e. The van der Waals surface area contributed by atoms with Crippen LogP contribution in [-0.4, -0.2) is 26.7 Å². The topological polar surface area (TPSA) is 83.6 Å². The van der Waals surface area contributed by atoms with E-state index in [4.69, 9.17) is 0 Å². The Hall–Kier alpha value is -2.74. The number of carbonyl (C=O) groups excluding carboxylic acids is 2. The van der Waals surface area contributed by atoms with Gasteiger partial charge in [-0.3, -0.25) is 13.9 Å². The molecule has 128 valence electrons. The van der Waals surface area contributed by atoms with Gasteiger partial charge in [0.25, 0.3) is 10.0 Å². The van der Waals surface area contributed by atoms with E-state index in [1.807, 2.05) is 0 Å². The van der Waals surface area contributed by atoms with Gasteiger partial charge in [-0.25, -0.2) is 12.8 Å². The molecule has 4 rings (SSSR count). The molecule has 1 amide bonds. The molecule has 2 heterocycles. The van der Waals surface area contributed by atoms with Crippen LogP contribution >= 0.6 is 0 Å². The Balaban J connectivity index is 1.80. The number of ketones is 1. The largest absolute Gasteiger partial charge is 0.326 e. The summed E-state index contributed by atoms with van der Waals surface area (Å²) in [5.74, 6) is -1.06. The summed E-state index contributed by atoms with van der Waals surface area (Å²) in [5, 5.41) is 2.65. The van der Waals surface area contributed by atoms with Gasteiger partial charge in [0.2, 0.25) is 5.91 Å². The Morgan fingerprint density at radius 2 is 1.88 bits per heavy atom. The van der Waals surface area contributed by atoms with E-state index >= 15 is 0 Å². The molecule has 2 aliphatic rings. The second kappa shape index (κ2) is 5.38. The highest BCUT2D eigenvalue weighted by Crippen LogP contribution is 2.34. The van der Waals surface area contributed by atoms with Crippen LogP contribution in [0, 0.1) is 5.82 Å². The number of fused-ring (bicyclic) bond motifs is 2. The lowest BCUT2D eigenvalue weighted by Crippen LogP contribution is -2.37. The molecule has 2 aromatic carbocycles. The number of amides is 1. The van der Waals surface area contributed by atoms with Gasteiger partial charge >= 0.3 is 0 Å². The molecule has 25 heavy (non-hydrogen) atoms. The van der Waals surface area contributed by atoms with Crippen molar-refractivity contribution in [2.24, 2.45) is 0 Å². The summed E-state index contributed by atoms with van der Waals surface area (Å²) < 4.78 is 40.6. The Kier molecular flexibility index (Phi) is 3.40. The molecule has 0 saturated carbocycles. The van der Waals surface area contributed by atoms with Crippen LogP contribution in [0.5, 0.6) is 0 Å². The lowest BCUT2D eigenvalue weighted by atomic mass is 10.0. The highest BCUT2D eigenvalue weighted by molar-refractivity contribution is 7.92. The molecule has 1 N–H and O–H groups in total. The first kappa shape index (κ1) is 15.8. The molecule has 0 unspecified atom stereocenters. The van der Waals surface area contributed by atoms with Gasteiger partial charge in [-0.15, -0.1) is 0 Å². The Morgan fingerprint density at radius 3 is 2.68 bits per heavy atom. The van der Waals surface area contributed by atoms with E-state index in [0.29, 0.717) is 11.3 Å². The van der Waals surface area contributed by atoms with Crippen molar-refractivity contribution >= 4 is 33.1 Å². The number of nitrogens with zero attached hydrogens (tertiary/aromatic N) is 1. The van der Waals surface area contributed by atoms with E-state index in [2.05, 4.69) is 5.32 Å². The second-order valence-corrected chi connectivity index (χ2v) is 7.82. The normalized spacial score (nSPS) is 16.4. The van der Waals surface area contributed by atoms with E-state index in [-0.39, 0.29) is 47.2 Å². The fourth-order valence-corrected chi connectivity index (χ4v) is 4.69. The average molecular weight is 360 g/mol. The number of Topliss-reactive ketones (excluding diaryl/α,β-unsaturated/α-hetero) is 1. The lowest BCUT2D eigenvalue weighted by Gasteiger charge is -2.29. The van der Waals surface area contributed by atoms with Gasteiger partial charge in [-0.1, -0.05) is 0 Å². The maximum atomic E-state index is 13.4. The summed E-state index contributed by atoms with van der Waals surface area (Å²) in [4.78, 5) is 23.5. The van der Waals surface area contributed by atoms with Crippen molar-refractivity contribution in [1.82, 2.24) is 0 Å². The van der Waals surface area contributed by atoms with Crippen molar-refractivity contribution in [3.05, 3.63) is 53.3 Å². The maximum Gasteiger partial charge on any atom is 0.264 e. The Bertz CT molecular complexity index is 1030. The zero-order valence-corrected chi connectivity index (χ0v) is 13.8. The van der Waals surface area contributed by atoms with Crippen LogP contribution in [0.15, 0.2) is 41.3 Å². The van der Waals surface area contributed by atoms with Gasteiger partial charge < -0.3 is 5.32 Å². The van der Waals surface area contributed by atoms with Crippen molar-refractivity contribution in [2.45, 2.75) is 17.7 Å². The van der Waals surface area contributed by atoms with Crippen molar-refractivity contribution in [1.29, 1.82) is 0 Å². The summed E-state index contributed by atoms with van der Waals surface area (Å²) in [6.45, 7) is -0.00589. The molecule has 8 heteroatoms. The summed E-state index contributed by atoms with van der Waals surface area (Å²) in [6.07, 6.45) is 0.111. The molecule has 2 aromatic rings. The van der Waals surface area contributed by atoms with Gasteiger partial charge in [0.15, 0.2) is 5.78 Å². The molecule has 0 spiro atoms.